The van der Waals surface area contributed by atoms with Crippen molar-refractivity contribution in [2.24, 2.45) is 14.1 Å². The first-order valence-corrected chi connectivity index (χ1v) is 4.70. The minimum atomic E-state index is 0.678. The Kier molecular flexibility index (Phi) is 2.61. The van der Waals surface area contributed by atoms with Gasteiger partial charge in [-0.25, -0.2) is 4.68 Å². The fraction of sp³-hybridized carbons (Fsp3) is 0.500. The molecule has 0 saturated heterocycles. The van der Waals surface area contributed by atoms with Gasteiger partial charge in [-0.1, -0.05) is 5.10 Å². The fourth-order valence-corrected chi connectivity index (χ4v) is 1.33. The third-order valence-corrected chi connectivity index (χ3v) is 2.21. The van der Waals surface area contributed by atoms with Gasteiger partial charge in [0.2, 0.25) is 5.95 Å². The van der Waals surface area contributed by atoms with Gasteiger partial charge < -0.3 is 5.32 Å². The number of nitrogens with zero attached hydrogens (tertiary/aromatic N) is 6. The Bertz CT molecular complexity index is 389. The van der Waals surface area contributed by atoms with Crippen LogP contribution < -0.4 is 5.32 Å². The third kappa shape index (κ3) is 2.12. The maximum atomic E-state index is 4.09. The minimum Gasteiger partial charge on any atom is -0.353 e. The van der Waals surface area contributed by atoms with Gasteiger partial charge >= 0.3 is 0 Å². The van der Waals surface area contributed by atoms with Gasteiger partial charge in [-0.05, 0) is 16.5 Å². The second kappa shape index (κ2) is 4.07. The maximum absolute atomic E-state index is 4.09. The van der Waals surface area contributed by atoms with E-state index in [1.165, 1.54) is 5.69 Å². The van der Waals surface area contributed by atoms with Crippen LogP contribution in [0.25, 0.3) is 0 Å². The lowest BCUT2D eigenvalue weighted by molar-refractivity contribution is 0.700. The lowest BCUT2D eigenvalue weighted by Gasteiger charge is -2.03. The zero-order chi connectivity index (χ0) is 10.7. The fourth-order valence-electron chi connectivity index (χ4n) is 1.33. The van der Waals surface area contributed by atoms with E-state index in [1.54, 1.807) is 17.9 Å². The van der Waals surface area contributed by atoms with Gasteiger partial charge in [-0.2, -0.15) is 5.10 Å². The average molecular weight is 207 g/mol. The van der Waals surface area contributed by atoms with Crippen LogP contribution in [0.15, 0.2) is 12.3 Å². The Morgan fingerprint density at radius 1 is 1.33 bits per heavy atom. The SMILES string of the molecule is Cn1nccc1CCNc1nnnn1C. The molecule has 15 heavy (non-hydrogen) atoms. The summed E-state index contributed by atoms with van der Waals surface area (Å²) in [5.74, 6) is 0.678. The van der Waals surface area contributed by atoms with Gasteiger partial charge in [0.1, 0.15) is 0 Å². The van der Waals surface area contributed by atoms with Crippen LogP contribution in [-0.4, -0.2) is 36.5 Å². The molecule has 0 aliphatic heterocycles. The molecule has 0 saturated carbocycles. The largest absolute Gasteiger partial charge is 0.353 e. The topological polar surface area (TPSA) is 73.5 Å². The lowest BCUT2D eigenvalue weighted by Crippen LogP contribution is -2.11. The molecular formula is C8H13N7. The second-order valence-electron chi connectivity index (χ2n) is 3.25. The number of rotatable bonds is 4. The highest BCUT2D eigenvalue weighted by Gasteiger charge is 2.01. The summed E-state index contributed by atoms with van der Waals surface area (Å²) in [5, 5.41) is 18.3. The van der Waals surface area contributed by atoms with Gasteiger partial charge in [0, 0.05) is 39.0 Å². The molecule has 2 rings (SSSR count). The van der Waals surface area contributed by atoms with Crippen LogP contribution in [0.5, 0.6) is 0 Å². The van der Waals surface area contributed by atoms with Crippen molar-refractivity contribution in [2.75, 3.05) is 11.9 Å². The predicted molar refractivity (Wildman–Crippen MR) is 54.2 cm³/mol. The number of aromatic nitrogens is 6. The Labute approximate surface area is 87.1 Å². The number of tetrazole rings is 1. The molecule has 0 bridgehead atoms. The Morgan fingerprint density at radius 2 is 2.20 bits per heavy atom. The highest BCUT2D eigenvalue weighted by atomic mass is 15.6. The van der Waals surface area contributed by atoms with Gasteiger partial charge in [0.15, 0.2) is 0 Å². The van der Waals surface area contributed by atoms with Crippen LogP contribution in [0.4, 0.5) is 5.95 Å². The monoisotopic (exact) mass is 207 g/mol. The summed E-state index contributed by atoms with van der Waals surface area (Å²) in [7, 11) is 3.73. The molecule has 0 aliphatic carbocycles. The van der Waals surface area contributed by atoms with Crippen LogP contribution in [0.2, 0.25) is 0 Å². The van der Waals surface area contributed by atoms with E-state index in [2.05, 4.69) is 25.9 Å². The lowest BCUT2D eigenvalue weighted by atomic mass is 10.3. The normalized spacial score (nSPS) is 10.5. The van der Waals surface area contributed by atoms with Gasteiger partial charge in [-0.3, -0.25) is 4.68 Å². The van der Waals surface area contributed by atoms with Gasteiger partial charge in [-0.15, -0.1) is 0 Å². The summed E-state index contributed by atoms with van der Waals surface area (Å²) in [4.78, 5) is 0. The molecule has 0 aliphatic rings. The summed E-state index contributed by atoms with van der Waals surface area (Å²) >= 11 is 0. The van der Waals surface area contributed by atoms with Crippen molar-refractivity contribution in [2.45, 2.75) is 6.42 Å². The molecule has 1 N–H and O–H groups in total. The highest BCUT2D eigenvalue weighted by molar-refractivity contribution is 5.21. The van der Waals surface area contributed by atoms with Crippen molar-refractivity contribution in [1.82, 2.24) is 30.0 Å². The van der Waals surface area contributed by atoms with Crippen molar-refractivity contribution >= 4 is 5.95 Å². The molecule has 0 atom stereocenters. The van der Waals surface area contributed by atoms with E-state index >= 15 is 0 Å². The van der Waals surface area contributed by atoms with Crippen molar-refractivity contribution in [3.63, 3.8) is 0 Å². The van der Waals surface area contributed by atoms with Crippen molar-refractivity contribution in [3.05, 3.63) is 18.0 Å². The molecule has 7 nitrogen and oxygen atoms in total. The first kappa shape index (κ1) is 9.63. The van der Waals surface area contributed by atoms with E-state index in [0.717, 1.165) is 13.0 Å². The van der Waals surface area contributed by atoms with Crippen molar-refractivity contribution < 1.29 is 0 Å². The van der Waals surface area contributed by atoms with Crippen LogP contribution in [0, 0.1) is 0 Å². The summed E-state index contributed by atoms with van der Waals surface area (Å²) in [6.45, 7) is 0.785. The Hall–Kier alpha value is -1.92. The number of aryl methyl sites for hydroxylation is 2. The first-order chi connectivity index (χ1) is 7.27. The van der Waals surface area contributed by atoms with E-state index in [9.17, 15) is 0 Å². The molecule has 0 spiro atoms. The molecule has 0 amide bonds. The Balaban J connectivity index is 1.86. The zero-order valence-corrected chi connectivity index (χ0v) is 8.75. The molecule has 0 radical (unpaired) electrons. The number of nitrogens with one attached hydrogen (secondary N) is 1. The molecule has 0 fully saturated rings. The molecule has 2 aromatic heterocycles. The van der Waals surface area contributed by atoms with E-state index in [4.69, 9.17) is 0 Å². The third-order valence-electron chi connectivity index (χ3n) is 2.21. The number of anilines is 1. The van der Waals surface area contributed by atoms with E-state index in [0.29, 0.717) is 5.95 Å². The zero-order valence-electron chi connectivity index (χ0n) is 8.75. The number of hydrogen-bond donors (Lipinski definition) is 1. The van der Waals surface area contributed by atoms with Crippen LogP contribution in [-0.2, 0) is 20.5 Å². The predicted octanol–water partition coefficient (Wildman–Crippen LogP) is -0.402. The highest BCUT2D eigenvalue weighted by Crippen LogP contribution is 1.99. The second-order valence-corrected chi connectivity index (χ2v) is 3.25. The maximum Gasteiger partial charge on any atom is 0.242 e. The summed E-state index contributed by atoms with van der Waals surface area (Å²) in [5.41, 5.74) is 1.18. The number of hydrogen-bond acceptors (Lipinski definition) is 5. The van der Waals surface area contributed by atoms with Crippen molar-refractivity contribution in [3.8, 4) is 0 Å². The molecule has 2 heterocycles. The molecule has 0 aromatic carbocycles. The molecule has 0 unspecified atom stereocenters. The summed E-state index contributed by atoms with van der Waals surface area (Å²) in [6, 6.07) is 2.00. The van der Waals surface area contributed by atoms with Crippen molar-refractivity contribution in [1.29, 1.82) is 0 Å². The molecule has 80 valence electrons. The summed E-state index contributed by atoms with van der Waals surface area (Å²) < 4.78 is 3.46. The van der Waals surface area contributed by atoms with E-state index in [1.807, 2.05) is 17.8 Å². The average Bonchev–Trinajstić information content (AvgIpc) is 2.78. The molecular weight excluding hydrogens is 194 g/mol. The quantitative estimate of drug-likeness (QED) is 0.738. The van der Waals surface area contributed by atoms with E-state index < -0.39 is 0 Å². The van der Waals surface area contributed by atoms with Gasteiger partial charge in [0.05, 0.1) is 0 Å². The van der Waals surface area contributed by atoms with Crippen LogP contribution >= 0.6 is 0 Å². The summed E-state index contributed by atoms with van der Waals surface area (Å²) in [6.07, 6.45) is 2.68. The van der Waals surface area contributed by atoms with Crippen LogP contribution in [0.1, 0.15) is 5.69 Å². The molecule has 7 heteroatoms. The minimum absolute atomic E-state index is 0.678. The first-order valence-electron chi connectivity index (χ1n) is 4.70. The van der Waals surface area contributed by atoms with E-state index in [-0.39, 0.29) is 0 Å². The standard InChI is InChI=1S/C8H13N7/c1-14-7(4-6-10-14)3-5-9-8-11-12-13-15(8)2/h4,6H,3,5H2,1-2H3,(H,9,11,13). The van der Waals surface area contributed by atoms with Gasteiger partial charge in [0.25, 0.3) is 0 Å². The smallest absolute Gasteiger partial charge is 0.242 e. The van der Waals surface area contributed by atoms with Crippen LogP contribution in [0.3, 0.4) is 0 Å². The molecule has 2 aromatic rings. The Morgan fingerprint density at radius 3 is 2.80 bits per heavy atom.